The van der Waals surface area contributed by atoms with Crippen LogP contribution >= 0.6 is 7.82 Å². The Morgan fingerprint density at radius 2 is 1.06 bits per heavy atom. The average Bonchev–Trinajstić information content (AvgIpc) is 3.06. The standard InChI is InChI=1S/C40H78NO8P/c1-6-8-10-12-14-16-18-20-22-24-26-28-30-32-39(42)46-36-38(37-48-50(44,45)47-35-34-41(3,4)5)49-40(43)33-31-29-27-25-23-21-19-17-15-13-11-9-7-2/h27,29,38H,6-26,28,30-37H2,1-5H3/b29-27-. The molecule has 0 aliphatic heterocycles. The fourth-order valence-electron chi connectivity index (χ4n) is 5.55. The second kappa shape index (κ2) is 33.6. The first-order chi connectivity index (χ1) is 24.0. The van der Waals surface area contributed by atoms with Crippen LogP contribution in [0.3, 0.4) is 0 Å². The molecule has 9 nitrogen and oxygen atoms in total. The Kier molecular flexibility index (Phi) is 32.7. The Labute approximate surface area is 307 Å². The van der Waals surface area contributed by atoms with Crippen LogP contribution in [0.15, 0.2) is 12.2 Å². The van der Waals surface area contributed by atoms with E-state index in [-0.39, 0.29) is 26.1 Å². The number of carbonyl (C=O) groups is 2. The van der Waals surface area contributed by atoms with Crippen molar-refractivity contribution in [1.82, 2.24) is 0 Å². The zero-order valence-electron chi connectivity index (χ0n) is 33.1. The van der Waals surface area contributed by atoms with Gasteiger partial charge in [-0.05, 0) is 25.7 Å². The SMILES string of the molecule is CCCCCCCCCCC/C=C\CCC(=O)OC(COC(=O)CCCCCCCCCCCCCCC)COP(=O)([O-])OCC[N+](C)(C)C. The molecular weight excluding hydrogens is 653 g/mol. The van der Waals surface area contributed by atoms with Gasteiger partial charge in [0.2, 0.25) is 0 Å². The number of rotatable bonds is 37. The first-order valence-corrected chi connectivity index (χ1v) is 21.9. The normalized spacial score (nSPS) is 13.8. The van der Waals surface area contributed by atoms with Gasteiger partial charge in [-0.1, -0.05) is 154 Å². The van der Waals surface area contributed by atoms with E-state index in [2.05, 4.69) is 19.9 Å². The molecular formula is C40H78NO8P. The minimum Gasteiger partial charge on any atom is -0.756 e. The molecule has 0 fully saturated rings. The predicted molar refractivity (Wildman–Crippen MR) is 204 cm³/mol. The number of ether oxygens (including phenoxy) is 2. The first kappa shape index (κ1) is 48.8. The number of hydrogen-bond acceptors (Lipinski definition) is 8. The Bertz CT molecular complexity index is 876. The summed E-state index contributed by atoms with van der Waals surface area (Å²) in [6.45, 7) is 4.18. The Morgan fingerprint density at radius 1 is 0.600 bits per heavy atom. The summed E-state index contributed by atoms with van der Waals surface area (Å²) in [5.74, 6) is -0.886. The maximum absolute atomic E-state index is 12.6. The van der Waals surface area contributed by atoms with Crippen molar-refractivity contribution in [3.8, 4) is 0 Å². The van der Waals surface area contributed by atoms with Gasteiger partial charge in [0.05, 0.1) is 27.7 Å². The molecule has 0 saturated carbocycles. The van der Waals surface area contributed by atoms with Crippen molar-refractivity contribution < 1.29 is 42.1 Å². The number of phosphoric ester groups is 1. The van der Waals surface area contributed by atoms with E-state index in [1.807, 2.05) is 27.2 Å². The minimum atomic E-state index is -4.62. The maximum atomic E-state index is 12.6. The minimum absolute atomic E-state index is 0.0335. The van der Waals surface area contributed by atoms with Crippen LogP contribution in [0.4, 0.5) is 0 Å². The molecule has 0 aliphatic rings. The van der Waals surface area contributed by atoms with E-state index in [1.165, 1.54) is 116 Å². The van der Waals surface area contributed by atoms with Crippen LogP contribution in [0.25, 0.3) is 0 Å². The van der Waals surface area contributed by atoms with Crippen LogP contribution in [0.2, 0.25) is 0 Å². The molecule has 2 atom stereocenters. The number of hydrogen-bond donors (Lipinski definition) is 0. The summed E-state index contributed by atoms with van der Waals surface area (Å²) in [6, 6.07) is 0. The Morgan fingerprint density at radius 3 is 1.56 bits per heavy atom. The van der Waals surface area contributed by atoms with Crippen molar-refractivity contribution in [3.05, 3.63) is 12.2 Å². The van der Waals surface area contributed by atoms with Crippen molar-refractivity contribution in [2.75, 3.05) is 47.5 Å². The number of esters is 2. The van der Waals surface area contributed by atoms with Gasteiger partial charge in [0.25, 0.3) is 7.82 Å². The van der Waals surface area contributed by atoms with Gasteiger partial charge in [0.15, 0.2) is 6.10 Å². The second-order valence-electron chi connectivity index (χ2n) is 15.0. The summed E-state index contributed by atoms with van der Waals surface area (Å²) in [5, 5.41) is 0. The highest BCUT2D eigenvalue weighted by molar-refractivity contribution is 7.45. The Hall–Kier alpha value is -1.25. The molecule has 0 radical (unpaired) electrons. The molecule has 0 aromatic heterocycles. The molecule has 296 valence electrons. The molecule has 0 rings (SSSR count). The van der Waals surface area contributed by atoms with Gasteiger partial charge in [-0.25, -0.2) is 0 Å². The fourth-order valence-corrected chi connectivity index (χ4v) is 6.28. The summed E-state index contributed by atoms with van der Waals surface area (Å²) < 4.78 is 33.7. The number of nitrogens with zero attached hydrogens (tertiary/aromatic N) is 1. The molecule has 2 unspecified atom stereocenters. The number of likely N-dealkylation sites (N-methyl/N-ethyl adjacent to an activating group) is 1. The highest BCUT2D eigenvalue weighted by Crippen LogP contribution is 2.38. The van der Waals surface area contributed by atoms with Crippen molar-refractivity contribution in [3.63, 3.8) is 0 Å². The number of allylic oxidation sites excluding steroid dienone is 2. The van der Waals surface area contributed by atoms with E-state index in [1.54, 1.807) is 0 Å². The zero-order valence-corrected chi connectivity index (χ0v) is 34.0. The van der Waals surface area contributed by atoms with Crippen molar-refractivity contribution in [2.24, 2.45) is 0 Å². The lowest BCUT2D eigenvalue weighted by molar-refractivity contribution is -0.870. The summed E-state index contributed by atoms with van der Waals surface area (Å²) >= 11 is 0. The lowest BCUT2D eigenvalue weighted by Crippen LogP contribution is -2.37. The summed E-state index contributed by atoms with van der Waals surface area (Å²) in [4.78, 5) is 37.3. The molecule has 0 spiro atoms. The quantitative estimate of drug-likeness (QED) is 0.0204. The van der Waals surface area contributed by atoms with Gasteiger partial charge in [0.1, 0.15) is 19.8 Å². The molecule has 0 bridgehead atoms. The average molecular weight is 732 g/mol. The molecule has 0 aromatic carbocycles. The molecule has 0 heterocycles. The summed E-state index contributed by atoms with van der Waals surface area (Å²) in [7, 11) is 1.15. The highest BCUT2D eigenvalue weighted by Gasteiger charge is 2.21. The maximum Gasteiger partial charge on any atom is 0.306 e. The highest BCUT2D eigenvalue weighted by atomic mass is 31.2. The third kappa shape index (κ3) is 36.5. The fraction of sp³-hybridized carbons (Fsp3) is 0.900. The van der Waals surface area contributed by atoms with Crippen LogP contribution in [0.5, 0.6) is 0 Å². The lowest BCUT2D eigenvalue weighted by Gasteiger charge is -2.28. The molecule has 50 heavy (non-hydrogen) atoms. The molecule has 0 aliphatic carbocycles. The lowest BCUT2D eigenvalue weighted by atomic mass is 10.0. The molecule has 0 N–H and O–H groups in total. The van der Waals surface area contributed by atoms with Crippen molar-refractivity contribution >= 4 is 19.8 Å². The summed E-state index contributed by atoms with van der Waals surface area (Å²) in [6.07, 6.45) is 32.5. The summed E-state index contributed by atoms with van der Waals surface area (Å²) in [5.41, 5.74) is 0. The number of quaternary nitrogens is 1. The van der Waals surface area contributed by atoms with Gasteiger partial charge in [-0.2, -0.15) is 0 Å². The topological polar surface area (TPSA) is 111 Å². The number of phosphoric acid groups is 1. The molecule has 0 saturated heterocycles. The molecule has 0 aromatic rings. The van der Waals surface area contributed by atoms with Crippen LogP contribution in [-0.2, 0) is 32.7 Å². The van der Waals surface area contributed by atoms with E-state index in [0.29, 0.717) is 17.4 Å². The van der Waals surface area contributed by atoms with E-state index < -0.39 is 32.5 Å². The van der Waals surface area contributed by atoms with E-state index in [0.717, 1.165) is 32.1 Å². The molecule has 10 heteroatoms. The van der Waals surface area contributed by atoms with Crippen molar-refractivity contribution in [2.45, 2.75) is 187 Å². The van der Waals surface area contributed by atoms with Crippen molar-refractivity contribution in [1.29, 1.82) is 0 Å². The Balaban J connectivity index is 4.43. The number of unbranched alkanes of at least 4 members (excludes halogenated alkanes) is 21. The van der Waals surface area contributed by atoms with Gasteiger partial charge < -0.3 is 27.9 Å². The van der Waals surface area contributed by atoms with E-state index in [9.17, 15) is 19.0 Å². The van der Waals surface area contributed by atoms with Gasteiger partial charge in [-0.3, -0.25) is 14.2 Å². The van der Waals surface area contributed by atoms with Gasteiger partial charge in [-0.15, -0.1) is 0 Å². The van der Waals surface area contributed by atoms with E-state index >= 15 is 0 Å². The third-order valence-corrected chi connectivity index (χ3v) is 9.76. The second-order valence-corrected chi connectivity index (χ2v) is 16.4. The zero-order chi connectivity index (χ0) is 37.2. The van der Waals surface area contributed by atoms with Crippen LogP contribution in [0.1, 0.15) is 181 Å². The monoisotopic (exact) mass is 732 g/mol. The van der Waals surface area contributed by atoms with Gasteiger partial charge >= 0.3 is 11.9 Å². The largest absolute Gasteiger partial charge is 0.756 e. The van der Waals surface area contributed by atoms with E-state index in [4.69, 9.17) is 18.5 Å². The van der Waals surface area contributed by atoms with Crippen LogP contribution in [-0.4, -0.2) is 70.0 Å². The van der Waals surface area contributed by atoms with Crippen LogP contribution < -0.4 is 4.89 Å². The van der Waals surface area contributed by atoms with Crippen LogP contribution in [0, 0.1) is 0 Å². The third-order valence-electron chi connectivity index (χ3n) is 8.80. The predicted octanol–water partition coefficient (Wildman–Crippen LogP) is 10.4. The first-order valence-electron chi connectivity index (χ1n) is 20.4. The number of carbonyl (C=O) groups excluding carboxylic acids is 2. The smallest absolute Gasteiger partial charge is 0.306 e. The van der Waals surface area contributed by atoms with Gasteiger partial charge in [0, 0.05) is 12.8 Å². The molecule has 0 amide bonds.